The average molecular weight is 330 g/mol. The second-order valence-electron chi connectivity index (χ2n) is 9.18. The van der Waals surface area contributed by atoms with Crippen molar-refractivity contribution in [3.8, 4) is 0 Å². The number of esters is 1. The van der Waals surface area contributed by atoms with Crippen molar-refractivity contribution in [1.82, 2.24) is 0 Å². The molecule has 0 radical (unpaired) electrons. The van der Waals surface area contributed by atoms with Crippen molar-refractivity contribution in [3.05, 3.63) is 11.6 Å². The molecular formula is C21H30O3. The standard InChI is InChI=1S/C21H30O3/c1-13(22)24-15-8-10-20(2)14(11-15)6-7-16-17-5-4-9-21(17,3)19(23)12-18(16)20/h12,14-17H,4-11H2,1-3H3. The van der Waals surface area contributed by atoms with Crippen molar-refractivity contribution in [2.75, 3.05) is 0 Å². The van der Waals surface area contributed by atoms with Gasteiger partial charge in [-0.3, -0.25) is 9.59 Å². The van der Waals surface area contributed by atoms with Crippen molar-refractivity contribution in [3.63, 3.8) is 0 Å². The second kappa shape index (κ2) is 5.44. The smallest absolute Gasteiger partial charge is 0.302 e. The van der Waals surface area contributed by atoms with E-state index in [1.165, 1.54) is 38.2 Å². The van der Waals surface area contributed by atoms with Crippen LogP contribution in [-0.4, -0.2) is 17.9 Å². The normalized spacial score (nSPS) is 47.3. The Morgan fingerprint density at radius 3 is 2.67 bits per heavy atom. The van der Waals surface area contributed by atoms with Crippen LogP contribution in [0.2, 0.25) is 0 Å². The number of ketones is 1. The molecule has 132 valence electrons. The Kier molecular flexibility index (Phi) is 3.71. The zero-order valence-electron chi connectivity index (χ0n) is 15.3. The molecule has 4 aliphatic rings. The van der Waals surface area contributed by atoms with Crippen molar-refractivity contribution in [2.24, 2.45) is 28.6 Å². The van der Waals surface area contributed by atoms with Crippen molar-refractivity contribution in [2.45, 2.75) is 78.2 Å². The van der Waals surface area contributed by atoms with Gasteiger partial charge in [0, 0.05) is 12.3 Å². The minimum atomic E-state index is -0.161. The molecule has 4 aliphatic carbocycles. The van der Waals surface area contributed by atoms with Gasteiger partial charge in [0.05, 0.1) is 0 Å². The fourth-order valence-electron chi connectivity index (χ4n) is 6.62. The Morgan fingerprint density at radius 2 is 1.92 bits per heavy atom. The van der Waals surface area contributed by atoms with Crippen LogP contribution in [0.1, 0.15) is 72.1 Å². The molecule has 6 unspecified atom stereocenters. The third-order valence-corrected chi connectivity index (χ3v) is 8.02. The molecule has 0 heterocycles. The topological polar surface area (TPSA) is 43.4 Å². The first-order chi connectivity index (χ1) is 11.3. The fourth-order valence-corrected chi connectivity index (χ4v) is 6.62. The van der Waals surface area contributed by atoms with E-state index in [0.717, 1.165) is 25.7 Å². The van der Waals surface area contributed by atoms with Crippen LogP contribution >= 0.6 is 0 Å². The van der Waals surface area contributed by atoms with Crippen LogP contribution in [0.3, 0.4) is 0 Å². The molecule has 0 aromatic carbocycles. The number of allylic oxidation sites excluding steroid dienone is 2. The number of hydrogen-bond acceptors (Lipinski definition) is 3. The number of fused-ring (bicyclic) bond motifs is 5. The van der Waals surface area contributed by atoms with Gasteiger partial charge in [0.25, 0.3) is 0 Å². The monoisotopic (exact) mass is 330 g/mol. The summed E-state index contributed by atoms with van der Waals surface area (Å²) >= 11 is 0. The highest BCUT2D eigenvalue weighted by atomic mass is 16.5. The Balaban J connectivity index is 1.63. The van der Waals surface area contributed by atoms with Crippen molar-refractivity contribution >= 4 is 11.8 Å². The third kappa shape index (κ3) is 2.23. The Morgan fingerprint density at radius 1 is 1.12 bits per heavy atom. The molecule has 3 nitrogen and oxygen atoms in total. The minimum Gasteiger partial charge on any atom is -0.463 e. The van der Waals surface area contributed by atoms with Crippen LogP contribution in [0, 0.1) is 28.6 Å². The quantitative estimate of drug-likeness (QED) is 0.667. The summed E-state index contributed by atoms with van der Waals surface area (Å²) in [5.74, 6) is 1.96. The molecule has 0 bridgehead atoms. The van der Waals surface area contributed by atoms with E-state index in [1.54, 1.807) is 0 Å². The summed E-state index contributed by atoms with van der Waals surface area (Å²) in [6, 6.07) is 0. The molecule has 0 aromatic heterocycles. The lowest BCUT2D eigenvalue weighted by molar-refractivity contribution is -0.151. The first kappa shape index (κ1) is 16.4. The first-order valence-electron chi connectivity index (χ1n) is 9.78. The molecule has 3 saturated carbocycles. The summed E-state index contributed by atoms with van der Waals surface area (Å²) in [5.41, 5.74) is 1.50. The fraction of sp³-hybridized carbons (Fsp3) is 0.810. The lowest BCUT2D eigenvalue weighted by atomic mass is 9.49. The first-order valence-corrected chi connectivity index (χ1v) is 9.78. The molecule has 0 aliphatic heterocycles. The number of carbonyl (C=O) groups is 2. The molecule has 0 N–H and O–H groups in total. The minimum absolute atomic E-state index is 0.0776. The van der Waals surface area contributed by atoms with E-state index in [4.69, 9.17) is 4.74 Å². The SMILES string of the molecule is CC(=O)OC1CCC2(C)C3=CC(=O)C4(C)CCCC4C3CCC2C1. The average Bonchev–Trinajstić information content (AvgIpc) is 2.92. The highest BCUT2D eigenvalue weighted by Gasteiger charge is 2.57. The van der Waals surface area contributed by atoms with Crippen LogP contribution in [0.4, 0.5) is 0 Å². The predicted molar refractivity (Wildman–Crippen MR) is 92.3 cm³/mol. The van der Waals surface area contributed by atoms with E-state index in [-0.39, 0.29) is 22.9 Å². The Hall–Kier alpha value is -1.12. The molecule has 0 saturated heterocycles. The zero-order valence-corrected chi connectivity index (χ0v) is 15.3. The van der Waals surface area contributed by atoms with Crippen molar-refractivity contribution in [1.29, 1.82) is 0 Å². The molecule has 4 rings (SSSR count). The number of carbonyl (C=O) groups excluding carboxylic acids is 2. The van der Waals surface area contributed by atoms with Crippen LogP contribution < -0.4 is 0 Å². The summed E-state index contributed by atoms with van der Waals surface area (Å²) in [6.07, 6.45) is 11.0. The van der Waals surface area contributed by atoms with Gasteiger partial charge in [-0.1, -0.05) is 25.8 Å². The number of rotatable bonds is 1. The van der Waals surface area contributed by atoms with Gasteiger partial charge in [-0.05, 0) is 74.2 Å². The number of ether oxygens (including phenoxy) is 1. The van der Waals surface area contributed by atoms with E-state index in [9.17, 15) is 9.59 Å². The highest BCUT2D eigenvalue weighted by molar-refractivity contribution is 5.97. The Labute approximate surface area is 145 Å². The lowest BCUT2D eigenvalue weighted by Crippen LogP contribution is -2.50. The maximum atomic E-state index is 12.9. The molecular weight excluding hydrogens is 300 g/mol. The van der Waals surface area contributed by atoms with E-state index >= 15 is 0 Å². The Bertz CT molecular complexity index is 606. The van der Waals surface area contributed by atoms with Gasteiger partial charge in [0.2, 0.25) is 0 Å². The van der Waals surface area contributed by atoms with E-state index in [0.29, 0.717) is 23.5 Å². The maximum absolute atomic E-state index is 12.9. The van der Waals surface area contributed by atoms with Crippen LogP contribution in [-0.2, 0) is 14.3 Å². The second-order valence-corrected chi connectivity index (χ2v) is 9.18. The largest absolute Gasteiger partial charge is 0.463 e. The third-order valence-electron chi connectivity index (χ3n) is 8.02. The van der Waals surface area contributed by atoms with E-state index in [1.807, 2.05) is 0 Å². The van der Waals surface area contributed by atoms with Gasteiger partial charge in [-0.25, -0.2) is 0 Å². The maximum Gasteiger partial charge on any atom is 0.302 e. The molecule has 0 aromatic rings. The molecule has 24 heavy (non-hydrogen) atoms. The van der Waals surface area contributed by atoms with Gasteiger partial charge in [-0.15, -0.1) is 0 Å². The van der Waals surface area contributed by atoms with Gasteiger partial charge >= 0.3 is 5.97 Å². The van der Waals surface area contributed by atoms with Gasteiger partial charge < -0.3 is 4.74 Å². The summed E-state index contributed by atoms with van der Waals surface area (Å²) in [6.45, 7) is 6.10. The number of hydrogen-bond donors (Lipinski definition) is 0. The molecule has 0 amide bonds. The molecule has 3 heteroatoms. The van der Waals surface area contributed by atoms with Gasteiger partial charge in [0.1, 0.15) is 6.10 Å². The summed E-state index contributed by atoms with van der Waals surface area (Å²) in [7, 11) is 0. The van der Waals surface area contributed by atoms with Crippen LogP contribution in [0.5, 0.6) is 0 Å². The summed E-state index contributed by atoms with van der Waals surface area (Å²) < 4.78 is 5.50. The molecule has 3 fully saturated rings. The van der Waals surface area contributed by atoms with Crippen LogP contribution in [0.15, 0.2) is 11.6 Å². The highest BCUT2D eigenvalue weighted by Crippen LogP contribution is 2.63. The van der Waals surface area contributed by atoms with Gasteiger partial charge in [0.15, 0.2) is 5.78 Å². The van der Waals surface area contributed by atoms with E-state index < -0.39 is 0 Å². The predicted octanol–water partition coefficient (Wildman–Crippen LogP) is 4.45. The summed E-state index contributed by atoms with van der Waals surface area (Å²) in [4.78, 5) is 24.2. The van der Waals surface area contributed by atoms with Crippen molar-refractivity contribution < 1.29 is 14.3 Å². The molecule has 0 spiro atoms. The zero-order chi connectivity index (χ0) is 17.1. The van der Waals surface area contributed by atoms with Gasteiger partial charge in [-0.2, -0.15) is 0 Å². The van der Waals surface area contributed by atoms with Crippen LogP contribution in [0.25, 0.3) is 0 Å². The summed E-state index contributed by atoms with van der Waals surface area (Å²) in [5, 5.41) is 0. The molecule has 6 atom stereocenters. The van der Waals surface area contributed by atoms with E-state index in [2.05, 4.69) is 19.9 Å². The lowest BCUT2D eigenvalue weighted by Gasteiger charge is -2.55.